The number of carboxylic acid groups (broad SMARTS) is 1. The van der Waals surface area contributed by atoms with E-state index in [2.05, 4.69) is 0 Å². The molecule has 106 valence electrons. The average Bonchev–Trinajstić information content (AvgIpc) is 2.27. The Labute approximate surface area is 109 Å². The van der Waals surface area contributed by atoms with Crippen molar-refractivity contribution in [1.82, 2.24) is 0 Å². The average molecular weight is 276 g/mol. The molecular formula is C13H15F3O3. The van der Waals surface area contributed by atoms with Crippen LogP contribution in [-0.2, 0) is 6.18 Å². The van der Waals surface area contributed by atoms with Crippen molar-refractivity contribution < 1.29 is 27.8 Å². The molecular weight excluding hydrogens is 261 g/mol. The second-order valence-corrected chi connectivity index (χ2v) is 4.23. The van der Waals surface area contributed by atoms with Crippen LogP contribution in [0, 0.1) is 0 Å². The fraction of sp³-hybridized carbons (Fsp3) is 0.462. The van der Waals surface area contributed by atoms with Gasteiger partial charge in [0.2, 0.25) is 0 Å². The van der Waals surface area contributed by atoms with Crippen molar-refractivity contribution in [2.75, 3.05) is 0 Å². The van der Waals surface area contributed by atoms with Gasteiger partial charge in [-0.25, -0.2) is 4.79 Å². The van der Waals surface area contributed by atoms with E-state index in [0.29, 0.717) is 0 Å². The van der Waals surface area contributed by atoms with Crippen molar-refractivity contribution in [2.24, 2.45) is 0 Å². The third-order valence-corrected chi connectivity index (χ3v) is 2.56. The highest BCUT2D eigenvalue weighted by Crippen LogP contribution is 2.34. The Bertz CT molecular complexity index is 455. The minimum atomic E-state index is -4.69. The first-order valence-electron chi connectivity index (χ1n) is 5.87. The number of ether oxygens (including phenoxy) is 1. The molecule has 0 fully saturated rings. The van der Waals surface area contributed by atoms with Crippen LogP contribution in [0.5, 0.6) is 5.75 Å². The highest BCUT2D eigenvalue weighted by atomic mass is 19.4. The van der Waals surface area contributed by atoms with Crippen LogP contribution < -0.4 is 4.74 Å². The van der Waals surface area contributed by atoms with Crippen molar-refractivity contribution in [2.45, 2.75) is 39.0 Å². The molecule has 0 bridgehead atoms. The Hall–Kier alpha value is -1.72. The quantitative estimate of drug-likeness (QED) is 0.885. The number of alkyl halides is 3. The molecule has 0 aliphatic heterocycles. The third-order valence-electron chi connectivity index (χ3n) is 2.56. The van der Waals surface area contributed by atoms with E-state index in [9.17, 15) is 18.0 Å². The molecule has 1 N–H and O–H groups in total. The van der Waals surface area contributed by atoms with E-state index in [1.807, 2.05) is 6.92 Å². The van der Waals surface area contributed by atoms with Gasteiger partial charge in [0.25, 0.3) is 0 Å². The monoisotopic (exact) mass is 276 g/mol. The van der Waals surface area contributed by atoms with E-state index >= 15 is 0 Å². The lowest BCUT2D eigenvalue weighted by Gasteiger charge is -2.16. The van der Waals surface area contributed by atoms with E-state index in [0.717, 1.165) is 31.0 Å². The van der Waals surface area contributed by atoms with Gasteiger partial charge in [0.1, 0.15) is 5.75 Å². The first-order chi connectivity index (χ1) is 8.75. The normalized spacial score (nSPS) is 13.1. The van der Waals surface area contributed by atoms with Gasteiger partial charge >= 0.3 is 12.1 Å². The largest absolute Gasteiger partial charge is 0.491 e. The summed E-state index contributed by atoms with van der Waals surface area (Å²) in [5.74, 6) is -1.49. The molecule has 1 aromatic carbocycles. The molecule has 0 saturated heterocycles. The van der Waals surface area contributed by atoms with Crippen LogP contribution in [0.25, 0.3) is 0 Å². The van der Waals surface area contributed by atoms with E-state index in [1.165, 1.54) is 0 Å². The van der Waals surface area contributed by atoms with Crippen LogP contribution in [0.2, 0.25) is 0 Å². The van der Waals surface area contributed by atoms with Gasteiger partial charge in [0, 0.05) is 0 Å². The number of hydrogen-bond acceptors (Lipinski definition) is 2. The lowest BCUT2D eigenvalue weighted by Crippen LogP contribution is -2.15. The summed E-state index contributed by atoms with van der Waals surface area (Å²) in [5.41, 5.74) is -1.97. The molecule has 0 heterocycles. The Morgan fingerprint density at radius 1 is 1.42 bits per heavy atom. The zero-order valence-corrected chi connectivity index (χ0v) is 10.6. The van der Waals surface area contributed by atoms with E-state index in [-0.39, 0.29) is 11.9 Å². The summed E-state index contributed by atoms with van der Waals surface area (Å²) in [6, 6.07) is 2.79. The van der Waals surface area contributed by atoms with Crippen molar-refractivity contribution in [3.63, 3.8) is 0 Å². The predicted molar refractivity (Wildman–Crippen MR) is 63.4 cm³/mol. The van der Waals surface area contributed by atoms with Gasteiger partial charge < -0.3 is 9.84 Å². The SMILES string of the molecule is CCCC(C)Oc1ccc(C(F)(F)F)c(C(=O)O)c1. The molecule has 0 saturated carbocycles. The van der Waals surface area contributed by atoms with Crippen LogP contribution >= 0.6 is 0 Å². The highest BCUT2D eigenvalue weighted by molar-refractivity contribution is 5.90. The molecule has 0 aromatic heterocycles. The lowest BCUT2D eigenvalue weighted by molar-refractivity contribution is -0.138. The van der Waals surface area contributed by atoms with Crippen molar-refractivity contribution in [3.8, 4) is 5.75 Å². The Morgan fingerprint density at radius 2 is 2.05 bits per heavy atom. The number of carbonyl (C=O) groups is 1. The van der Waals surface area contributed by atoms with Crippen molar-refractivity contribution in [1.29, 1.82) is 0 Å². The van der Waals surface area contributed by atoms with Gasteiger partial charge in [-0.2, -0.15) is 13.2 Å². The summed E-state index contributed by atoms with van der Waals surface area (Å²) in [7, 11) is 0. The molecule has 1 atom stereocenters. The fourth-order valence-corrected chi connectivity index (χ4v) is 1.72. The van der Waals surface area contributed by atoms with Crippen LogP contribution in [0.15, 0.2) is 18.2 Å². The number of hydrogen-bond donors (Lipinski definition) is 1. The maximum Gasteiger partial charge on any atom is 0.417 e. The third kappa shape index (κ3) is 4.15. The van der Waals surface area contributed by atoms with Crippen molar-refractivity contribution >= 4 is 5.97 Å². The van der Waals surface area contributed by atoms with E-state index < -0.39 is 23.3 Å². The van der Waals surface area contributed by atoms with E-state index in [4.69, 9.17) is 9.84 Å². The molecule has 0 spiro atoms. The number of aromatic carboxylic acids is 1. The zero-order chi connectivity index (χ0) is 14.6. The number of rotatable bonds is 5. The van der Waals surface area contributed by atoms with Crippen LogP contribution in [0.4, 0.5) is 13.2 Å². The molecule has 1 unspecified atom stereocenters. The van der Waals surface area contributed by atoms with Crippen LogP contribution in [0.1, 0.15) is 42.6 Å². The molecule has 0 aliphatic carbocycles. The van der Waals surface area contributed by atoms with Gasteiger partial charge in [-0.05, 0) is 31.5 Å². The number of benzene rings is 1. The molecule has 19 heavy (non-hydrogen) atoms. The van der Waals surface area contributed by atoms with Gasteiger partial charge in [-0.15, -0.1) is 0 Å². The maximum atomic E-state index is 12.6. The molecule has 0 radical (unpaired) electrons. The summed E-state index contributed by atoms with van der Waals surface area (Å²) >= 11 is 0. The Kier molecular flexibility index (Phi) is 4.80. The lowest BCUT2D eigenvalue weighted by atomic mass is 10.1. The van der Waals surface area contributed by atoms with Gasteiger partial charge in [-0.3, -0.25) is 0 Å². The maximum absolute atomic E-state index is 12.6. The summed E-state index contributed by atoms with van der Waals surface area (Å²) in [5, 5.41) is 8.84. The van der Waals surface area contributed by atoms with Gasteiger partial charge in [0.05, 0.1) is 17.2 Å². The van der Waals surface area contributed by atoms with Crippen LogP contribution in [-0.4, -0.2) is 17.2 Å². The molecule has 3 nitrogen and oxygen atoms in total. The molecule has 6 heteroatoms. The Morgan fingerprint density at radius 3 is 2.53 bits per heavy atom. The van der Waals surface area contributed by atoms with Crippen LogP contribution in [0.3, 0.4) is 0 Å². The molecule has 0 amide bonds. The van der Waals surface area contributed by atoms with Gasteiger partial charge in [0.15, 0.2) is 0 Å². The second kappa shape index (κ2) is 5.95. The first-order valence-corrected chi connectivity index (χ1v) is 5.87. The number of carboxylic acids is 1. The van der Waals surface area contributed by atoms with E-state index in [1.54, 1.807) is 6.92 Å². The molecule has 1 aromatic rings. The fourth-order valence-electron chi connectivity index (χ4n) is 1.72. The standard InChI is InChI=1S/C13H15F3O3/c1-3-4-8(2)19-9-5-6-11(13(14,15)16)10(7-9)12(17)18/h5-8H,3-4H2,1-2H3,(H,17,18). The topological polar surface area (TPSA) is 46.5 Å². The number of halogens is 3. The zero-order valence-electron chi connectivity index (χ0n) is 10.6. The summed E-state index contributed by atoms with van der Waals surface area (Å²) in [4.78, 5) is 10.9. The minimum Gasteiger partial charge on any atom is -0.491 e. The Balaban J connectivity index is 3.07. The minimum absolute atomic E-state index is 0.131. The smallest absolute Gasteiger partial charge is 0.417 e. The summed E-state index contributed by atoms with van der Waals surface area (Å²) < 4.78 is 43.2. The molecule has 0 aliphatic rings. The summed E-state index contributed by atoms with van der Waals surface area (Å²) in [6.45, 7) is 3.73. The first kappa shape index (κ1) is 15.3. The van der Waals surface area contributed by atoms with Gasteiger partial charge in [-0.1, -0.05) is 13.3 Å². The summed E-state index contributed by atoms with van der Waals surface area (Å²) in [6.07, 6.45) is -3.26. The molecule has 1 rings (SSSR count). The second-order valence-electron chi connectivity index (χ2n) is 4.23. The highest BCUT2D eigenvalue weighted by Gasteiger charge is 2.35. The van der Waals surface area contributed by atoms with Crippen molar-refractivity contribution in [3.05, 3.63) is 29.3 Å². The predicted octanol–water partition coefficient (Wildman–Crippen LogP) is 3.97.